The second-order valence-electron chi connectivity index (χ2n) is 5.99. The number of phenolic OH excluding ortho intramolecular Hbond substituents is 1. The molecular formula is C23H22O. The highest BCUT2D eigenvalue weighted by Gasteiger charge is 2.12. The van der Waals surface area contributed by atoms with E-state index in [1.54, 1.807) is 12.1 Å². The summed E-state index contributed by atoms with van der Waals surface area (Å²) in [5.74, 6) is 0.291. The molecule has 0 amide bonds. The van der Waals surface area contributed by atoms with Crippen molar-refractivity contribution in [3.63, 3.8) is 0 Å². The highest BCUT2D eigenvalue weighted by Crippen LogP contribution is 2.34. The average Bonchev–Trinajstić information content (AvgIpc) is 2.62. The number of benzene rings is 3. The molecule has 0 bridgehead atoms. The van der Waals surface area contributed by atoms with Crippen LogP contribution in [-0.4, -0.2) is 5.11 Å². The SMILES string of the molecule is CC/C(=C(\c1ccc(C)cc1)c1ccc(O)cc1)c1ccccc1. The van der Waals surface area contributed by atoms with Gasteiger partial charge in [-0.3, -0.25) is 0 Å². The summed E-state index contributed by atoms with van der Waals surface area (Å²) >= 11 is 0. The van der Waals surface area contributed by atoms with Gasteiger partial charge in [0.2, 0.25) is 0 Å². The van der Waals surface area contributed by atoms with Gasteiger partial charge in [0.25, 0.3) is 0 Å². The van der Waals surface area contributed by atoms with Crippen molar-refractivity contribution < 1.29 is 5.11 Å². The first kappa shape index (κ1) is 16.1. The fourth-order valence-electron chi connectivity index (χ4n) is 3.03. The maximum atomic E-state index is 9.64. The molecule has 0 heterocycles. The van der Waals surface area contributed by atoms with Crippen LogP contribution in [0.15, 0.2) is 78.9 Å². The Morgan fingerprint density at radius 2 is 1.25 bits per heavy atom. The van der Waals surface area contributed by atoms with Gasteiger partial charge in [-0.15, -0.1) is 0 Å². The van der Waals surface area contributed by atoms with Gasteiger partial charge in [-0.05, 0) is 53.3 Å². The monoisotopic (exact) mass is 314 g/mol. The molecule has 0 spiro atoms. The van der Waals surface area contributed by atoms with E-state index in [2.05, 4.69) is 62.4 Å². The lowest BCUT2D eigenvalue weighted by molar-refractivity contribution is 0.475. The van der Waals surface area contributed by atoms with E-state index >= 15 is 0 Å². The summed E-state index contributed by atoms with van der Waals surface area (Å²) < 4.78 is 0. The topological polar surface area (TPSA) is 20.2 Å². The van der Waals surface area contributed by atoms with Gasteiger partial charge < -0.3 is 5.11 Å². The normalized spacial score (nSPS) is 11.9. The van der Waals surface area contributed by atoms with Gasteiger partial charge in [-0.1, -0.05) is 79.2 Å². The molecular weight excluding hydrogens is 292 g/mol. The molecule has 0 saturated carbocycles. The zero-order chi connectivity index (χ0) is 16.9. The molecule has 0 saturated heterocycles. The van der Waals surface area contributed by atoms with Gasteiger partial charge in [-0.2, -0.15) is 0 Å². The molecule has 3 aromatic rings. The fraction of sp³-hybridized carbons (Fsp3) is 0.130. The summed E-state index contributed by atoms with van der Waals surface area (Å²) in [6.45, 7) is 4.29. The number of hydrogen-bond acceptors (Lipinski definition) is 1. The van der Waals surface area contributed by atoms with Crippen LogP contribution in [0.25, 0.3) is 11.1 Å². The minimum absolute atomic E-state index is 0.291. The molecule has 0 fully saturated rings. The molecule has 0 radical (unpaired) electrons. The van der Waals surface area contributed by atoms with E-state index in [9.17, 15) is 5.11 Å². The summed E-state index contributed by atoms with van der Waals surface area (Å²) in [7, 11) is 0. The van der Waals surface area contributed by atoms with Crippen LogP contribution in [0.1, 0.15) is 35.6 Å². The molecule has 0 aliphatic rings. The van der Waals surface area contributed by atoms with Crippen LogP contribution in [-0.2, 0) is 0 Å². The number of aryl methyl sites for hydroxylation is 1. The van der Waals surface area contributed by atoms with Crippen LogP contribution < -0.4 is 0 Å². The Bertz CT molecular complexity index is 778. The lowest BCUT2D eigenvalue weighted by atomic mass is 9.88. The smallest absolute Gasteiger partial charge is 0.115 e. The van der Waals surface area contributed by atoms with Crippen molar-refractivity contribution in [1.82, 2.24) is 0 Å². The molecule has 3 aromatic carbocycles. The molecule has 1 heteroatoms. The van der Waals surface area contributed by atoms with Gasteiger partial charge in [-0.25, -0.2) is 0 Å². The van der Waals surface area contributed by atoms with E-state index in [4.69, 9.17) is 0 Å². The zero-order valence-electron chi connectivity index (χ0n) is 14.2. The summed E-state index contributed by atoms with van der Waals surface area (Å²) in [6.07, 6.45) is 0.939. The van der Waals surface area contributed by atoms with Crippen molar-refractivity contribution >= 4 is 11.1 Å². The quantitative estimate of drug-likeness (QED) is 0.579. The Morgan fingerprint density at radius 3 is 1.79 bits per heavy atom. The largest absolute Gasteiger partial charge is 0.508 e. The minimum atomic E-state index is 0.291. The van der Waals surface area contributed by atoms with Crippen LogP contribution in [0.5, 0.6) is 5.75 Å². The predicted molar refractivity (Wildman–Crippen MR) is 102 cm³/mol. The first-order valence-electron chi connectivity index (χ1n) is 8.34. The van der Waals surface area contributed by atoms with E-state index in [1.807, 2.05) is 18.2 Å². The van der Waals surface area contributed by atoms with Crippen molar-refractivity contribution in [2.75, 3.05) is 0 Å². The third-order valence-corrected chi connectivity index (χ3v) is 4.27. The van der Waals surface area contributed by atoms with Gasteiger partial charge in [0, 0.05) is 0 Å². The summed E-state index contributed by atoms with van der Waals surface area (Å²) in [6, 6.07) is 26.6. The second kappa shape index (κ2) is 7.18. The van der Waals surface area contributed by atoms with E-state index in [0.717, 1.165) is 12.0 Å². The van der Waals surface area contributed by atoms with Crippen molar-refractivity contribution in [1.29, 1.82) is 0 Å². The molecule has 0 unspecified atom stereocenters. The third-order valence-electron chi connectivity index (χ3n) is 4.27. The highest BCUT2D eigenvalue weighted by molar-refractivity contribution is 5.98. The lowest BCUT2D eigenvalue weighted by Crippen LogP contribution is -1.95. The molecule has 0 aromatic heterocycles. The Morgan fingerprint density at radius 1 is 0.708 bits per heavy atom. The zero-order valence-corrected chi connectivity index (χ0v) is 14.2. The number of hydrogen-bond donors (Lipinski definition) is 1. The highest BCUT2D eigenvalue weighted by atomic mass is 16.3. The van der Waals surface area contributed by atoms with E-state index in [0.29, 0.717) is 5.75 Å². The average molecular weight is 314 g/mol. The first-order chi connectivity index (χ1) is 11.7. The van der Waals surface area contributed by atoms with Gasteiger partial charge >= 0.3 is 0 Å². The molecule has 24 heavy (non-hydrogen) atoms. The molecule has 0 aliphatic carbocycles. The van der Waals surface area contributed by atoms with Crippen molar-refractivity contribution in [3.8, 4) is 5.75 Å². The van der Waals surface area contributed by atoms with Crippen LogP contribution in [0.2, 0.25) is 0 Å². The van der Waals surface area contributed by atoms with E-state index < -0.39 is 0 Å². The molecule has 0 aliphatic heterocycles. The third kappa shape index (κ3) is 3.41. The van der Waals surface area contributed by atoms with Gasteiger partial charge in [0.05, 0.1) is 0 Å². The van der Waals surface area contributed by atoms with Crippen molar-refractivity contribution in [3.05, 3.63) is 101 Å². The summed E-state index contributed by atoms with van der Waals surface area (Å²) in [5, 5.41) is 9.64. The maximum absolute atomic E-state index is 9.64. The summed E-state index contributed by atoms with van der Waals surface area (Å²) in [5.41, 5.74) is 7.35. The predicted octanol–water partition coefficient (Wildman–Crippen LogP) is 6.07. The Balaban J connectivity index is 2.26. The number of allylic oxidation sites excluding steroid dienone is 1. The Hall–Kier alpha value is -2.80. The van der Waals surface area contributed by atoms with Crippen LogP contribution in [0, 0.1) is 6.92 Å². The van der Waals surface area contributed by atoms with Crippen LogP contribution >= 0.6 is 0 Å². The number of rotatable bonds is 4. The van der Waals surface area contributed by atoms with E-state index in [-0.39, 0.29) is 0 Å². The van der Waals surface area contributed by atoms with E-state index in [1.165, 1.54) is 27.8 Å². The standard InChI is InChI=1S/C23H22O/c1-3-22(18-7-5-4-6-8-18)23(19-11-9-17(2)10-12-19)20-13-15-21(24)16-14-20/h4-16,24H,3H2,1-2H3/b23-22-. The van der Waals surface area contributed by atoms with Gasteiger partial charge in [0.15, 0.2) is 0 Å². The molecule has 1 N–H and O–H groups in total. The molecule has 1 nitrogen and oxygen atoms in total. The Kier molecular flexibility index (Phi) is 4.81. The lowest BCUT2D eigenvalue weighted by Gasteiger charge is -2.16. The molecule has 0 atom stereocenters. The van der Waals surface area contributed by atoms with Gasteiger partial charge in [0.1, 0.15) is 5.75 Å². The van der Waals surface area contributed by atoms with Crippen molar-refractivity contribution in [2.45, 2.75) is 20.3 Å². The molecule has 120 valence electrons. The number of phenols is 1. The van der Waals surface area contributed by atoms with Crippen LogP contribution in [0.3, 0.4) is 0 Å². The maximum Gasteiger partial charge on any atom is 0.115 e. The fourth-order valence-corrected chi connectivity index (χ4v) is 3.03. The molecule has 3 rings (SSSR count). The first-order valence-corrected chi connectivity index (χ1v) is 8.34. The van der Waals surface area contributed by atoms with Crippen LogP contribution in [0.4, 0.5) is 0 Å². The Labute approximate surface area is 143 Å². The summed E-state index contributed by atoms with van der Waals surface area (Å²) in [4.78, 5) is 0. The second-order valence-corrected chi connectivity index (χ2v) is 5.99. The number of aromatic hydroxyl groups is 1. The minimum Gasteiger partial charge on any atom is -0.508 e. The van der Waals surface area contributed by atoms with Crippen molar-refractivity contribution in [2.24, 2.45) is 0 Å².